The van der Waals surface area contributed by atoms with Crippen LogP contribution in [0.1, 0.15) is 41.5 Å². The van der Waals surface area contributed by atoms with Crippen LogP contribution in [-0.4, -0.2) is 29.1 Å². The molecule has 0 saturated heterocycles. The van der Waals surface area contributed by atoms with Gasteiger partial charge in [-0.2, -0.15) is 0 Å². The van der Waals surface area contributed by atoms with Crippen LogP contribution in [0.5, 0.6) is 11.5 Å². The lowest BCUT2D eigenvalue weighted by Crippen LogP contribution is -2.59. The number of benzene rings is 2. The van der Waals surface area contributed by atoms with Crippen molar-refractivity contribution in [1.29, 1.82) is 0 Å². The van der Waals surface area contributed by atoms with Gasteiger partial charge in [-0.3, -0.25) is 4.79 Å². The third kappa shape index (κ3) is 6.22. The summed E-state index contributed by atoms with van der Waals surface area (Å²) >= 11 is 6.55. The Morgan fingerprint density at radius 1 is 0.848 bits per heavy atom. The van der Waals surface area contributed by atoms with Crippen molar-refractivity contribution >= 4 is 39.7 Å². The Balaban J connectivity index is 2.35. The highest BCUT2D eigenvalue weighted by atomic mass is 35.5. The molecular weight excluding hydrogens is 466 g/mol. The zero-order chi connectivity index (χ0) is 25.2. The largest absolute Gasteiger partial charge is 0.541 e. The number of carbonyl (C=O) groups excluding carboxylic acids is 1. The number of amides is 1. The number of ether oxygens (including phenoxy) is 1. The first-order valence-electron chi connectivity index (χ1n) is 11.5. The summed E-state index contributed by atoms with van der Waals surface area (Å²) < 4.78 is 14.5. The first-order chi connectivity index (χ1) is 15.0. The summed E-state index contributed by atoms with van der Waals surface area (Å²) in [6.07, 6.45) is 0. The van der Waals surface area contributed by atoms with E-state index in [9.17, 15) is 4.79 Å². The number of anilines is 1. The van der Waals surface area contributed by atoms with Crippen LogP contribution < -0.4 is 13.7 Å². The van der Waals surface area contributed by atoms with Gasteiger partial charge in [0.2, 0.25) is 0 Å². The minimum Gasteiger partial charge on any atom is -0.541 e. The van der Waals surface area contributed by atoms with E-state index in [0.29, 0.717) is 16.5 Å². The van der Waals surface area contributed by atoms with Crippen LogP contribution in [0, 0.1) is 0 Å². The molecule has 0 atom stereocenters. The molecule has 1 amide bonds. The quantitative estimate of drug-likeness (QED) is 0.356. The van der Waals surface area contributed by atoms with E-state index in [1.165, 1.54) is 0 Å². The van der Waals surface area contributed by atoms with Crippen molar-refractivity contribution < 1.29 is 14.0 Å². The van der Waals surface area contributed by atoms with Crippen molar-refractivity contribution in [3.05, 3.63) is 53.6 Å². The molecule has 2 aromatic carbocycles. The second kappa shape index (κ2) is 9.84. The van der Waals surface area contributed by atoms with Crippen LogP contribution in [-0.2, 0) is 4.79 Å². The number of halogens is 1. The minimum absolute atomic E-state index is 0.0547. The van der Waals surface area contributed by atoms with E-state index in [2.05, 4.69) is 67.7 Å². The molecule has 0 fully saturated rings. The van der Waals surface area contributed by atoms with Gasteiger partial charge in [0.1, 0.15) is 5.75 Å². The van der Waals surface area contributed by atoms with Gasteiger partial charge in [0.05, 0.1) is 10.7 Å². The van der Waals surface area contributed by atoms with E-state index in [-0.39, 0.29) is 22.6 Å². The SMILES string of the molecule is CC(C)(C)[Si](C)(C)Oc1ccccc1OCC(=O)N(c1ccccc1Cl)[Si](C)(C)C(C)(C)C. The molecule has 0 N–H and O–H groups in total. The maximum absolute atomic E-state index is 13.7. The average Bonchev–Trinajstić information content (AvgIpc) is 2.67. The Bertz CT molecular complexity index is 978. The van der Waals surface area contributed by atoms with Gasteiger partial charge >= 0.3 is 0 Å². The molecule has 0 radical (unpaired) electrons. The Morgan fingerprint density at radius 2 is 1.36 bits per heavy atom. The Morgan fingerprint density at radius 3 is 1.88 bits per heavy atom. The fraction of sp³-hybridized carbons (Fsp3) is 0.500. The van der Waals surface area contributed by atoms with E-state index < -0.39 is 16.6 Å². The Hall–Kier alpha value is -1.77. The standard InChI is InChI=1S/C26H40ClNO3Si2/c1-25(2,3)32(7,8)28(21-16-12-11-15-20(21)27)24(29)19-30-22-17-13-14-18-23(22)31-33(9,10)26(4,5)6/h11-18H,19H2,1-10H3. The maximum Gasteiger partial charge on any atom is 0.257 e. The molecule has 0 aromatic heterocycles. The highest BCUT2D eigenvalue weighted by Gasteiger charge is 2.45. The van der Waals surface area contributed by atoms with E-state index in [0.717, 1.165) is 5.69 Å². The van der Waals surface area contributed by atoms with Crippen LogP contribution in [0.2, 0.25) is 41.3 Å². The predicted octanol–water partition coefficient (Wildman–Crippen LogP) is 8.14. The lowest BCUT2D eigenvalue weighted by molar-refractivity contribution is -0.119. The summed E-state index contributed by atoms with van der Waals surface area (Å²) in [5, 5.41) is 0.557. The summed E-state index contributed by atoms with van der Waals surface area (Å²) in [6.45, 7) is 21.9. The molecule has 182 valence electrons. The summed E-state index contributed by atoms with van der Waals surface area (Å²) in [5.74, 6) is 1.18. The number of hydrogen-bond donors (Lipinski definition) is 0. The molecular formula is C26H40ClNO3Si2. The number of nitrogens with zero attached hydrogens (tertiary/aromatic N) is 1. The highest BCUT2D eigenvalue weighted by Crippen LogP contribution is 2.43. The molecule has 0 heterocycles. The fourth-order valence-corrected chi connectivity index (χ4v) is 6.47. The molecule has 0 aliphatic carbocycles. The van der Waals surface area contributed by atoms with Gasteiger partial charge in [0.25, 0.3) is 14.2 Å². The Labute approximate surface area is 207 Å². The summed E-state index contributed by atoms with van der Waals surface area (Å²) in [5.41, 5.74) is 0.741. The van der Waals surface area contributed by atoms with Crippen molar-refractivity contribution in [2.45, 2.75) is 77.8 Å². The lowest BCUT2D eigenvalue weighted by Gasteiger charge is -2.46. The molecule has 2 aromatic rings. The minimum atomic E-state index is -2.29. The zero-order valence-corrected chi connectivity index (χ0v) is 24.6. The highest BCUT2D eigenvalue weighted by molar-refractivity contribution is 6.86. The molecule has 0 aliphatic rings. The van der Waals surface area contributed by atoms with Crippen LogP contribution in [0.25, 0.3) is 0 Å². The third-order valence-electron chi connectivity index (χ3n) is 7.11. The van der Waals surface area contributed by atoms with Crippen LogP contribution >= 0.6 is 11.6 Å². The van der Waals surface area contributed by atoms with Gasteiger partial charge in [0.15, 0.2) is 20.6 Å². The second-order valence-corrected chi connectivity index (χ2v) is 21.8. The molecule has 33 heavy (non-hydrogen) atoms. The number of hydrogen-bond acceptors (Lipinski definition) is 3. The first kappa shape index (κ1) is 27.5. The molecule has 2 rings (SSSR count). The molecule has 0 unspecified atom stereocenters. The first-order valence-corrected chi connectivity index (χ1v) is 17.7. The van der Waals surface area contributed by atoms with Crippen molar-refractivity contribution in [2.24, 2.45) is 0 Å². The van der Waals surface area contributed by atoms with Crippen LogP contribution in [0.15, 0.2) is 48.5 Å². The molecule has 0 aliphatic heterocycles. The molecule has 0 saturated carbocycles. The number of rotatable bonds is 7. The predicted molar refractivity (Wildman–Crippen MR) is 146 cm³/mol. The van der Waals surface area contributed by atoms with Gasteiger partial charge < -0.3 is 13.7 Å². The van der Waals surface area contributed by atoms with E-state index >= 15 is 0 Å². The summed E-state index contributed by atoms with van der Waals surface area (Å²) in [4.78, 5) is 13.7. The molecule has 7 heteroatoms. The normalized spacial score (nSPS) is 12.9. The van der Waals surface area contributed by atoms with Crippen LogP contribution in [0.4, 0.5) is 5.69 Å². The number of carbonyl (C=O) groups is 1. The van der Waals surface area contributed by atoms with Crippen molar-refractivity contribution in [2.75, 3.05) is 11.2 Å². The molecule has 0 bridgehead atoms. The maximum atomic E-state index is 13.7. The monoisotopic (exact) mass is 505 g/mol. The molecule has 0 spiro atoms. The van der Waals surface area contributed by atoms with Crippen molar-refractivity contribution in [3.8, 4) is 11.5 Å². The topological polar surface area (TPSA) is 38.8 Å². The number of para-hydroxylation sites is 3. The van der Waals surface area contributed by atoms with Gasteiger partial charge in [-0.1, -0.05) is 90.5 Å². The van der Waals surface area contributed by atoms with E-state index in [1.807, 2.05) is 53.1 Å². The smallest absolute Gasteiger partial charge is 0.257 e. The van der Waals surface area contributed by atoms with Crippen molar-refractivity contribution in [1.82, 2.24) is 0 Å². The van der Waals surface area contributed by atoms with Crippen LogP contribution in [0.3, 0.4) is 0 Å². The van der Waals surface area contributed by atoms with E-state index in [1.54, 1.807) is 0 Å². The van der Waals surface area contributed by atoms with Gasteiger partial charge in [-0.15, -0.1) is 0 Å². The van der Waals surface area contributed by atoms with Gasteiger partial charge in [-0.25, -0.2) is 0 Å². The second-order valence-electron chi connectivity index (χ2n) is 11.6. The summed E-state index contributed by atoms with van der Waals surface area (Å²) in [7, 11) is -4.35. The lowest BCUT2D eigenvalue weighted by atomic mass is 10.2. The summed E-state index contributed by atoms with van der Waals surface area (Å²) in [6, 6.07) is 15.1. The van der Waals surface area contributed by atoms with Crippen molar-refractivity contribution in [3.63, 3.8) is 0 Å². The third-order valence-corrected chi connectivity index (χ3v) is 17.1. The zero-order valence-electron chi connectivity index (χ0n) is 21.9. The Kier molecular flexibility index (Phi) is 8.20. The fourth-order valence-electron chi connectivity index (χ4n) is 3.00. The van der Waals surface area contributed by atoms with E-state index in [4.69, 9.17) is 20.8 Å². The molecule has 4 nitrogen and oxygen atoms in total. The van der Waals surface area contributed by atoms with Gasteiger partial charge in [-0.05, 0) is 47.4 Å². The van der Waals surface area contributed by atoms with Gasteiger partial charge in [0, 0.05) is 0 Å². The average molecular weight is 506 g/mol.